The molecule has 1 heterocycles. The van der Waals surface area contributed by atoms with Crippen LogP contribution in [0.3, 0.4) is 0 Å². The first-order valence-corrected chi connectivity index (χ1v) is 3.17. The lowest BCUT2D eigenvalue weighted by Gasteiger charge is -1.94. The minimum Gasteiger partial charge on any atom is -0.404 e. The van der Waals surface area contributed by atoms with Crippen molar-refractivity contribution in [2.75, 3.05) is 0 Å². The quantitative estimate of drug-likeness (QED) is 0.493. The Morgan fingerprint density at radius 2 is 2.36 bits per heavy atom. The van der Waals surface area contributed by atoms with Crippen LogP contribution in [0.4, 0.5) is 0 Å². The Kier molecular flexibility index (Phi) is 2.38. The Bertz CT molecular complexity index is 267. The van der Waals surface area contributed by atoms with E-state index in [0.29, 0.717) is 17.6 Å². The van der Waals surface area contributed by atoms with E-state index in [-0.39, 0.29) is 0 Å². The van der Waals surface area contributed by atoms with Crippen molar-refractivity contribution in [3.05, 3.63) is 36.3 Å². The molecule has 0 spiro atoms. The van der Waals surface area contributed by atoms with E-state index in [2.05, 4.69) is 4.98 Å². The molecule has 0 bridgehead atoms. The summed E-state index contributed by atoms with van der Waals surface area (Å²) in [5, 5.41) is 0. The molecular weight excluding hydrogens is 140 g/mol. The third-order valence-corrected chi connectivity index (χ3v) is 1.27. The van der Waals surface area contributed by atoms with Crippen LogP contribution in [0.15, 0.2) is 30.6 Å². The van der Waals surface area contributed by atoms with Crippen molar-refractivity contribution < 1.29 is 4.79 Å². The molecule has 2 N–H and O–H groups in total. The summed E-state index contributed by atoms with van der Waals surface area (Å²) < 4.78 is 0. The summed E-state index contributed by atoms with van der Waals surface area (Å²) in [6.45, 7) is 0. The maximum atomic E-state index is 10.3. The van der Waals surface area contributed by atoms with Crippen LogP contribution in [-0.4, -0.2) is 11.3 Å². The Morgan fingerprint density at radius 1 is 1.55 bits per heavy atom. The molecule has 1 rings (SSSR count). The van der Waals surface area contributed by atoms with Crippen LogP contribution < -0.4 is 5.73 Å². The lowest BCUT2D eigenvalue weighted by molar-refractivity contribution is -0.103. The van der Waals surface area contributed by atoms with Crippen molar-refractivity contribution in [3.63, 3.8) is 0 Å². The molecule has 0 radical (unpaired) electrons. The van der Waals surface area contributed by atoms with Gasteiger partial charge in [0.15, 0.2) is 6.29 Å². The van der Waals surface area contributed by atoms with Gasteiger partial charge in [-0.05, 0) is 12.1 Å². The Balaban J connectivity index is 3.01. The highest BCUT2D eigenvalue weighted by molar-refractivity contribution is 6.05. The second-order valence-corrected chi connectivity index (χ2v) is 1.95. The lowest BCUT2D eigenvalue weighted by Crippen LogP contribution is -1.92. The van der Waals surface area contributed by atoms with Crippen LogP contribution >= 0.6 is 0 Å². The van der Waals surface area contributed by atoms with Gasteiger partial charge in [-0.3, -0.25) is 9.78 Å². The summed E-state index contributed by atoms with van der Waals surface area (Å²) in [5.41, 5.74) is 6.19. The number of aldehydes is 1. The van der Waals surface area contributed by atoms with E-state index in [9.17, 15) is 4.79 Å². The number of rotatable bonds is 2. The molecule has 56 valence electrons. The summed E-state index contributed by atoms with van der Waals surface area (Å²) >= 11 is 0. The first-order chi connectivity index (χ1) is 5.38. The van der Waals surface area contributed by atoms with E-state index in [1.807, 2.05) is 0 Å². The predicted octanol–water partition coefficient (Wildman–Crippen LogP) is 0.580. The molecule has 0 aliphatic rings. The molecule has 0 atom stereocenters. The molecule has 0 saturated heterocycles. The average Bonchev–Trinajstić information content (AvgIpc) is 2.09. The molecule has 0 fully saturated rings. The molecule has 11 heavy (non-hydrogen) atoms. The Labute approximate surface area is 64.6 Å². The van der Waals surface area contributed by atoms with Gasteiger partial charge >= 0.3 is 0 Å². The highest BCUT2D eigenvalue weighted by Crippen LogP contribution is 2.04. The maximum Gasteiger partial charge on any atom is 0.153 e. The van der Waals surface area contributed by atoms with Crippen LogP contribution in [0.2, 0.25) is 0 Å². The smallest absolute Gasteiger partial charge is 0.153 e. The largest absolute Gasteiger partial charge is 0.404 e. The van der Waals surface area contributed by atoms with Gasteiger partial charge in [0.1, 0.15) is 0 Å². The molecule has 0 amide bonds. The van der Waals surface area contributed by atoms with Gasteiger partial charge in [0, 0.05) is 12.4 Å². The molecule has 0 aliphatic heterocycles. The van der Waals surface area contributed by atoms with Crippen molar-refractivity contribution >= 4 is 11.9 Å². The molecular formula is C8H8N2O. The molecule has 0 saturated carbocycles. The van der Waals surface area contributed by atoms with Gasteiger partial charge in [-0.15, -0.1) is 0 Å². The molecule has 1 aromatic rings. The Hall–Kier alpha value is -1.64. The highest BCUT2D eigenvalue weighted by Gasteiger charge is 1.97. The van der Waals surface area contributed by atoms with Crippen LogP contribution in [0.1, 0.15) is 5.69 Å². The second kappa shape index (κ2) is 3.51. The van der Waals surface area contributed by atoms with Crippen LogP contribution in [0.5, 0.6) is 0 Å². The van der Waals surface area contributed by atoms with Gasteiger partial charge in [-0.1, -0.05) is 6.07 Å². The van der Waals surface area contributed by atoms with Gasteiger partial charge in [-0.2, -0.15) is 0 Å². The van der Waals surface area contributed by atoms with Gasteiger partial charge in [0.25, 0.3) is 0 Å². The minimum atomic E-state index is 0.408. The molecule has 0 aromatic carbocycles. The second-order valence-electron chi connectivity index (χ2n) is 1.95. The zero-order chi connectivity index (χ0) is 8.10. The third-order valence-electron chi connectivity index (χ3n) is 1.27. The first kappa shape index (κ1) is 7.47. The third kappa shape index (κ3) is 1.64. The fraction of sp³-hybridized carbons (Fsp3) is 0. The number of carbonyl (C=O) groups is 1. The number of allylic oxidation sites excluding steroid dienone is 1. The predicted molar refractivity (Wildman–Crippen MR) is 42.5 cm³/mol. The van der Waals surface area contributed by atoms with E-state index in [4.69, 9.17) is 5.73 Å². The van der Waals surface area contributed by atoms with Gasteiger partial charge in [0.2, 0.25) is 0 Å². The number of nitrogens with two attached hydrogens (primary N) is 1. The topological polar surface area (TPSA) is 56.0 Å². The first-order valence-electron chi connectivity index (χ1n) is 3.17. The van der Waals surface area contributed by atoms with Crippen molar-refractivity contribution in [2.45, 2.75) is 0 Å². The average molecular weight is 148 g/mol. The molecule has 0 unspecified atom stereocenters. The van der Waals surface area contributed by atoms with Crippen molar-refractivity contribution in [1.82, 2.24) is 4.98 Å². The number of hydrogen-bond acceptors (Lipinski definition) is 3. The van der Waals surface area contributed by atoms with Gasteiger partial charge < -0.3 is 5.73 Å². The standard InChI is InChI=1S/C8H8N2O/c9-5-7(6-11)8-3-1-2-4-10-8/h1-6H,9H2/b7-5-. The van der Waals surface area contributed by atoms with E-state index < -0.39 is 0 Å². The van der Waals surface area contributed by atoms with Crippen LogP contribution in [-0.2, 0) is 4.79 Å². The summed E-state index contributed by atoms with van der Waals surface area (Å²) in [6, 6.07) is 5.31. The molecule has 0 aliphatic carbocycles. The fourth-order valence-electron chi connectivity index (χ4n) is 0.719. The van der Waals surface area contributed by atoms with Crippen molar-refractivity contribution in [3.8, 4) is 0 Å². The zero-order valence-electron chi connectivity index (χ0n) is 5.90. The number of carbonyl (C=O) groups excluding carboxylic acids is 1. The SMILES string of the molecule is N/C=C(/C=O)c1ccccn1. The van der Waals surface area contributed by atoms with Gasteiger partial charge in [0.05, 0.1) is 11.3 Å². The molecule has 3 heteroatoms. The zero-order valence-corrected chi connectivity index (χ0v) is 5.90. The molecule has 1 aromatic heterocycles. The van der Waals surface area contributed by atoms with E-state index in [1.54, 1.807) is 24.4 Å². The number of hydrogen-bond donors (Lipinski definition) is 1. The summed E-state index contributed by atoms with van der Waals surface area (Å²) in [6.07, 6.45) is 3.54. The normalized spacial score (nSPS) is 11.1. The fourth-order valence-corrected chi connectivity index (χ4v) is 0.719. The summed E-state index contributed by atoms with van der Waals surface area (Å²) in [4.78, 5) is 14.3. The van der Waals surface area contributed by atoms with Gasteiger partial charge in [-0.25, -0.2) is 0 Å². The lowest BCUT2D eigenvalue weighted by atomic mass is 10.2. The summed E-state index contributed by atoms with van der Waals surface area (Å²) in [5.74, 6) is 0. The molecule has 3 nitrogen and oxygen atoms in total. The van der Waals surface area contributed by atoms with E-state index in [0.717, 1.165) is 0 Å². The minimum absolute atomic E-state index is 0.408. The summed E-state index contributed by atoms with van der Waals surface area (Å²) in [7, 11) is 0. The van der Waals surface area contributed by atoms with Crippen molar-refractivity contribution in [1.29, 1.82) is 0 Å². The number of pyridine rings is 1. The van der Waals surface area contributed by atoms with E-state index in [1.165, 1.54) is 6.20 Å². The maximum absolute atomic E-state index is 10.3. The highest BCUT2D eigenvalue weighted by atomic mass is 16.1. The monoisotopic (exact) mass is 148 g/mol. The van der Waals surface area contributed by atoms with Crippen LogP contribution in [0, 0.1) is 0 Å². The van der Waals surface area contributed by atoms with Crippen molar-refractivity contribution in [2.24, 2.45) is 5.73 Å². The number of nitrogens with zero attached hydrogens (tertiary/aromatic N) is 1. The van der Waals surface area contributed by atoms with Crippen LogP contribution in [0.25, 0.3) is 5.57 Å². The Morgan fingerprint density at radius 3 is 2.82 bits per heavy atom. The van der Waals surface area contributed by atoms with E-state index >= 15 is 0 Å². The number of aromatic nitrogens is 1.